The number of carbonyl (C=O) groups excluding carboxylic acids is 1. The van der Waals surface area contributed by atoms with E-state index < -0.39 is 0 Å². The summed E-state index contributed by atoms with van der Waals surface area (Å²) in [6.07, 6.45) is 0. The van der Waals surface area contributed by atoms with Crippen LogP contribution in [0.15, 0.2) is 109 Å². The summed E-state index contributed by atoms with van der Waals surface area (Å²) in [5.41, 5.74) is 5.08. The Morgan fingerprint density at radius 1 is 0.537 bits per heavy atom. The molecule has 0 saturated heterocycles. The Bertz CT molecular complexity index is 1580. The molecule has 0 spiro atoms. The van der Waals surface area contributed by atoms with Crippen LogP contribution in [-0.2, 0) is 0 Å². The maximum absolute atomic E-state index is 14.0. The fraction of sp³-hybridized carbons (Fsp3) is 0.114. The molecule has 0 bridgehead atoms. The Morgan fingerprint density at radius 2 is 0.976 bits per heavy atom. The quantitative estimate of drug-likeness (QED) is 0.135. The molecule has 6 heteroatoms. The van der Waals surface area contributed by atoms with Crippen molar-refractivity contribution < 1.29 is 19.0 Å². The van der Waals surface area contributed by atoms with Crippen LogP contribution >= 0.6 is 8.58 Å². The van der Waals surface area contributed by atoms with Crippen molar-refractivity contribution in [3.05, 3.63) is 137 Å². The standard InChI is InChI=1S/C35H31O4P.Li.H/c1-23-20-24(2)33(26(4)25(23)3)35(36)40-34-31(38-28-16-10-6-11-17-28)21-30(37-27-14-8-5-9-15-27)22-32(34)39-29-18-12-7-13-19-29;;/h5-22,40H,1-4H3;;. The molecular formula is C35H32LiO4P. The van der Waals surface area contributed by atoms with Crippen molar-refractivity contribution >= 4 is 38.3 Å². The Hall–Kier alpha value is -3.80. The molecule has 0 radical (unpaired) electrons. The molecule has 5 aromatic rings. The second kappa shape index (κ2) is 13.7. The zero-order valence-electron chi connectivity index (χ0n) is 23.0. The van der Waals surface area contributed by atoms with E-state index in [0.29, 0.717) is 39.8 Å². The summed E-state index contributed by atoms with van der Waals surface area (Å²) >= 11 is 0. The Labute approximate surface area is 255 Å². The number of benzene rings is 5. The fourth-order valence-corrected chi connectivity index (χ4v) is 5.80. The van der Waals surface area contributed by atoms with Gasteiger partial charge in [-0.05, 0) is 94.9 Å². The van der Waals surface area contributed by atoms with Gasteiger partial charge in [-0.25, -0.2) is 0 Å². The van der Waals surface area contributed by atoms with Crippen molar-refractivity contribution in [2.45, 2.75) is 27.7 Å². The van der Waals surface area contributed by atoms with E-state index in [2.05, 4.69) is 19.9 Å². The third-order valence-corrected chi connectivity index (χ3v) is 8.00. The third-order valence-electron chi connectivity index (χ3n) is 6.78. The number of para-hydroxylation sites is 3. The van der Waals surface area contributed by atoms with Gasteiger partial charge in [0, 0.05) is 17.7 Å². The first-order chi connectivity index (χ1) is 19.4. The summed E-state index contributed by atoms with van der Waals surface area (Å²) in [5, 5.41) is 0.676. The molecule has 0 fully saturated rings. The van der Waals surface area contributed by atoms with E-state index in [0.717, 1.165) is 22.3 Å². The molecular weight excluding hydrogens is 522 g/mol. The molecule has 0 aliphatic rings. The van der Waals surface area contributed by atoms with Crippen LogP contribution in [0.5, 0.6) is 34.5 Å². The van der Waals surface area contributed by atoms with Crippen LogP contribution < -0.4 is 19.5 Å². The summed E-state index contributed by atoms with van der Waals surface area (Å²) < 4.78 is 19.0. The molecule has 1 atom stereocenters. The van der Waals surface area contributed by atoms with Gasteiger partial charge in [0.25, 0.3) is 0 Å². The van der Waals surface area contributed by atoms with Crippen molar-refractivity contribution in [2.24, 2.45) is 0 Å². The molecule has 202 valence electrons. The van der Waals surface area contributed by atoms with E-state index in [1.165, 1.54) is 5.56 Å². The second-order valence-corrected chi connectivity index (χ2v) is 10.8. The van der Waals surface area contributed by atoms with E-state index in [1.54, 1.807) is 0 Å². The van der Waals surface area contributed by atoms with E-state index in [-0.39, 0.29) is 33.0 Å². The van der Waals surface area contributed by atoms with Crippen LogP contribution in [0.1, 0.15) is 32.6 Å². The third kappa shape index (κ3) is 7.29. The first-order valence-corrected chi connectivity index (χ1v) is 14.1. The van der Waals surface area contributed by atoms with Crippen LogP contribution in [0.25, 0.3) is 0 Å². The van der Waals surface area contributed by atoms with Crippen LogP contribution in [-0.4, -0.2) is 24.4 Å². The van der Waals surface area contributed by atoms with Crippen molar-refractivity contribution in [2.75, 3.05) is 0 Å². The normalized spacial score (nSPS) is 10.7. The Kier molecular flexibility index (Phi) is 10.1. The average molecular weight is 555 g/mol. The van der Waals surface area contributed by atoms with E-state index in [9.17, 15) is 4.79 Å². The van der Waals surface area contributed by atoms with Crippen LogP contribution in [0.2, 0.25) is 0 Å². The molecule has 5 aromatic carbocycles. The van der Waals surface area contributed by atoms with Gasteiger partial charge in [-0.2, -0.15) is 0 Å². The first kappa shape index (κ1) is 30.2. The van der Waals surface area contributed by atoms with Crippen molar-refractivity contribution in [3.8, 4) is 34.5 Å². The van der Waals surface area contributed by atoms with Crippen molar-refractivity contribution in [1.82, 2.24) is 0 Å². The summed E-state index contributed by atoms with van der Waals surface area (Å²) in [4.78, 5) is 14.0. The maximum atomic E-state index is 14.0. The van der Waals surface area contributed by atoms with Gasteiger partial charge in [0.2, 0.25) is 0 Å². The van der Waals surface area contributed by atoms with E-state index in [1.807, 2.05) is 117 Å². The number of hydrogen-bond acceptors (Lipinski definition) is 4. The molecule has 0 aromatic heterocycles. The number of aryl methyl sites for hydroxylation is 2. The predicted molar refractivity (Wildman–Crippen MR) is 171 cm³/mol. The summed E-state index contributed by atoms with van der Waals surface area (Å²) in [6.45, 7) is 8.16. The van der Waals surface area contributed by atoms with Gasteiger partial charge in [-0.15, -0.1) is 0 Å². The number of ether oxygens (including phenoxy) is 3. The minimum absolute atomic E-state index is 0. The van der Waals surface area contributed by atoms with Crippen LogP contribution in [0.4, 0.5) is 0 Å². The van der Waals surface area contributed by atoms with Crippen LogP contribution in [0.3, 0.4) is 0 Å². The molecule has 1 unspecified atom stereocenters. The topological polar surface area (TPSA) is 44.8 Å². The van der Waals surface area contributed by atoms with Crippen LogP contribution in [0, 0.1) is 27.7 Å². The Balaban J connectivity index is 0.00000387. The zero-order valence-corrected chi connectivity index (χ0v) is 24.0. The summed E-state index contributed by atoms with van der Waals surface area (Å²) in [6, 6.07) is 34.3. The van der Waals surface area contributed by atoms with Gasteiger partial charge < -0.3 is 14.2 Å². The molecule has 0 saturated carbocycles. The SMILES string of the molecule is Cc1cc(C)c(C(=O)Pc2c(Oc3ccccc3)cc(Oc3ccccc3)cc2Oc2ccccc2)c(C)c1C.[LiH]. The number of hydrogen-bond donors (Lipinski definition) is 0. The van der Waals surface area contributed by atoms with Gasteiger partial charge in [0.15, 0.2) is 5.52 Å². The molecule has 0 N–H and O–H groups in total. The van der Waals surface area contributed by atoms with Gasteiger partial charge in [-0.1, -0.05) is 60.7 Å². The van der Waals surface area contributed by atoms with Gasteiger partial charge in [0.1, 0.15) is 34.5 Å². The average Bonchev–Trinajstić information content (AvgIpc) is 2.95. The number of carbonyl (C=O) groups is 1. The fourth-order valence-electron chi connectivity index (χ4n) is 4.57. The monoisotopic (exact) mass is 554 g/mol. The molecule has 41 heavy (non-hydrogen) atoms. The van der Waals surface area contributed by atoms with Gasteiger partial charge in [-0.3, -0.25) is 4.79 Å². The van der Waals surface area contributed by atoms with E-state index in [4.69, 9.17) is 14.2 Å². The minimum atomic E-state index is -0.237. The Morgan fingerprint density at radius 3 is 1.44 bits per heavy atom. The molecule has 5 rings (SSSR count). The van der Waals surface area contributed by atoms with Crippen molar-refractivity contribution in [3.63, 3.8) is 0 Å². The molecule has 0 aliphatic carbocycles. The van der Waals surface area contributed by atoms with E-state index >= 15 is 0 Å². The second-order valence-electron chi connectivity index (χ2n) is 9.63. The molecule has 0 amide bonds. The predicted octanol–water partition coefficient (Wildman–Crippen LogP) is 8.79. The molecule has 0 heterocycles. The van der Waals surface area contributed by atoms with Crippen molar-refractivity contribution in [1.29, 1.82) is 0 Å². The van der Waals surface area contributed by atoms with Gasteiger partial charge in [0.05, 0.1) is 5.30 Å². The summed E-state index contributed by atoms with van der Waals surface area (Å²) in [7, 11) is -0.237. The molecule has 0 aliphatic heterocycles. The number of rotatable bonds is 9. The van der Waals surface area contributed by atoms with Gasteiger partial charge >= 0.3 is 18.9 Å². The molecule has 4 nitrogen and oxygen atoms in total. The first-order valence-electron chi connectivity index (χ1n) is 13.1. The zero-order chi connectivity index (χ0) is 28.1. The summed E-state index contributed by atoms with van der Waals surface area (Å²) in [5.74, 6) is 3.56.